The molecule has 1 aromatic carbocycles. The number of alkyl halides is 3. The Balaban J connectivity index is 2.41. The molecule has 1 heterocycles. The van der Waals surface area contributed by atoms with Crippen LogP contribution in [0.3, 0.4) is 0 Å². The number of nitrogens with two attached hydrogens (primary N) is 1. The van der Waals surface area contributed by atoms with Gasteiger partial charge in [0.1, 0.15) is 5.82 Å². The smallest absolute Gasteiger partial charge is 0.385 e. The highest BCUT2D eigenvalue weighted by atomic mass is 19.4. The van der Waals surface area contributed by atoms with Gasteiger partial charge in [-0.2, -0.15) is 13.2 Å². The maximum Gasteiger partial charge on any atom is 0.416 e. The summed E-state index contributed by atoms with van der Waals surface area (Å²) in [4.78, 5) is 24.6. The van der Waals surface area contributed by atoms with Gasteiger partial charge in [0.05, 0.1) is 12.1 Å². The molecular formula is C12H10F3N3O2. The van der Waals surface area contributed by atoms with Gasteiger partial charge in [0.15, 0.2) is 0 Å². The molecule has 3 N–H and O–H groups in total. The van der Waals surface area contributed by atoms with E-state index < -0.39 is 23.0 Å². The van der Waals surface area contributed by atoms with Gasteiger partial charge in [-0.15, -0.1) is 0 Å². The lowest BCUT2D eigenvalue weighted by Crippen LogP contribution is -2.31. The second-order valence-electron chi connectivity index (χ2n) is 4.15. The molecule has 2 aromatic rings. The van der Waals surface area contributed by atoms with Crippen LogP contribution in [0.15, 0.2) is 39.9 Å². The second-order valence-corrected chi connectivity index (χ2v) is 4.15. The first kappa shape index (κ1) is 13.9. The molecule has 0 aliphatic rings. The quantitative estimate of drug-likeness (QED) is 0.869. The first-order chi connectivity index (χ1) is 9.27. The predicted molar refractivity (Wildman–Crippen MR) is 66.3 cm³/mol. The highest BCUT2D eigenvalue weighted by Crippen LogP contribution is 2.29. The first-order valence-electron chi connectivity index (χ1n) is 5.53. The Morgan fingerprint density at radius 3 is 2.50 bits per heavy atom. The average Bonchev–Trinajstić information content (AvgIpc) is 2.33. The number of nitrogens with zero attached hydrogens (tertiary/aromatic N) is 1. The monoisotopic (exact) mass is 285 g/mol. The zero-order valence-electron chi connectivity index (χ0n) is 10.1. The molecule has 8 heteroatoms. The number of aromatic nitrogens is 2. The van der Waals surface area contributed by atoms with Crippen LogP contribution in [-0.2, 0) is 12.7 Å². The van der Waals surface area contributed by atoms with Crippen molar-refractivity contribution in [2.75, 3.05) is 5.73 Å². The van der Waals surface area contributed by atoms with Crippen LogP contribution in [0.5, 0.6) is 0 Å². The Labute approximate surface area is 110 Å². The number of halogens is 3. The number of nitrogens with one attached hydrogen (secondary N) is 1. The fourth-order valence-corrected chi connectivity index (χ4v) is 1.73. The third kappa shape index (κ3) is 2.90. The summed E-state index contributed by atoms with van der Waals surface area (Å²) < 4.78 is 38.7. The van der Waals surface area contributed by atoms with Crippen molar-refractivity contribution in [2.45, 2.75) is 12.7 Å². The fourth-order valence-electron chi connectivity index (χ4n) is 1.73. The Morgan fingerprint density at radius 1 is 1.20 bits per heavy atom. The summed E-state index contributed by atoms with van der Waals surface area (Å²) in [6.45, 7) is -0.161. The summed E-state index contributed by atoms with van der Waals surface area (Å²) in [5.41, 5.74) is 3.52. The van der Waals surface area contributed by atoms with Crippen LogP contribution in [0.4, 0.5) is 19.0 Å². The molecule has 0 amide bonds. The highest BCUT2D eigenvalue weighted by Gasteiger charge is 2.30. The zero-order valence-corrected chi connectivity index (χ0v) is 10.1. The van der Waals surface area contributed by atoms with Crippen molar-refractivity contribution >= 4 is 5.82 Å². The second kappa shape index (κ2) is 4.87. The van der Waals surface area contributed by atoms with E-state index >= 15 is 0 Å². The number of anilines is 1. The van der Waals surface area contributed by atoms with Gasteiger partial charge in [-0.3, -0.25) is 14.3 Å². The molecule has 0 atom stereocenters. The van der Waals surface area contributed by atoms with Crippen molar-refractivity contribution in [3.63, 3.8) is 0 Å². The predicted octanol–water partition coefficient (Wildman–Crippen LogP) is 1.19. The van der Waals surface area contributed by atoms with E-state index in [1.807, 2.05) is 4.98 Å². The summed E-state index contributed by atoms with van der Waals surface area (Å²) in [5.74, 6) is -0.115. The van der Waals surface area contributed by atoms with Gasteiger partial charge < -0.3 is 5.73 Å². The van der Waals surface area contributed by atoms with Gasteiger partial charge in [-0.25, -0.2) is 4.79 Å². The van der Waals surface area contributed by atoms with E-state index in [1.165, 1.54) is 12.1 Å². The normalized spacial score (nSPS) is 11.6. The molecule has 0 unspecified atom stereocenters. The summed E-state index contributed by atoms with van der Waals surface area (Å²) in [6, 6.07) is 5.53. The minimum Gasteiger partial charge on any atom is -0.385 e. The van der Waals surface area contributed by atoms with Crippen molar-refractivity contribution in [3.05, 3.63) is 62.3 Å². The minimum absolute atomic E-state index is 0.115. The van der Waals surface area contributed by atoms with Crippen LogP contribution >= 0.6 is 0 Å². The van der Waals surface area contributed by atoms with Crippen LogP contribution < -0.4 is 17.0 Å². The van der Waals surface area contributed by atoms with Crippen molar-refractivity contribution in [1.82, 2.24) is 9.55 Å². The molecule has 2 rings (SSSR count). The lowest BCUT2D eigenvalue weighted by molar-refractivity contribution is -0.137. The molecule has 0 fully saturated rings. The Bertz CT molecular complexity index is 747. The summed E-state index contributed by atoms with van der Waals surface area (Å²) in [5, 5.41) is 0. The Kier molecular flexibility index (Phi) is 3.39. The fraction of sp³-hybridized carbons (Fsp3) is 0.167. The van der Waals surface area contributed by atoms with Gasteiger partial charge in [-0.05, 0) is 17.7 Å². The molecule has 5 nitrogen and oxygen atoms in total. The molecule has 20 heavy (non-hydrogen) atoms. The standard InChI is InChI=1S/C12H10F3N3O2/c13-12(14,15)8-3-1-2-7(4-8)6-18-9(16)5-10(19)17-11(18)20/h1-5H,6,16H2,(H,17,19,20). The number of rotatable bonds is 2. The van der Waals surface area contributed by atoms with Gasteiger partial charge in [0.25, 0.3) is 5.56 Å². The average molecular weight is 285 g/mol. The topological polar surface area (TPSA) is 80.9 Å². The van der Waals surface area contributed by atoms with E-state index in [0.29, 0.717) is 0 Å². The van der Waals surface area contributed by atoms with Gasteiger partial charge in [-0.1, -0.05) is 12.1 Å². The maximum atomic E-state index is 12.6. The minimum atomic E-state index is -4.46. The van der Waals surface area contributed by atoms with Gasteiger partial charge >= 0.3 is 11.9 Å². The van der Waals surface area contributed by atoms with Crippen LogP contribution in [0.2, 0.25) is 0 Å². The van der Waals surface area contributed by atoms with E-state index in [9.17, 15) is 22.8 Å². The van der Waals surface area contributed by atoms with E-state index in [-0.39, 0.29) is 17.9 Å². The summed E-state index contributed by atoms with van der Waals surface area (Å²) in [7, 11) is 0. The molecule has 0 saturated carbocycles. The molecule has 0 saturated heterocycles. The summed E-state index contributed by atoms with van der Waals surface area (Å²) in [6.07, 6.45) is -4.46. The van der Waals surface area contributed by atoms with Crippen LogP contribution in [0.25, 0.3) is 0 Å². The molecule has 0 aliphatic heterocycles. The SMILES string of the molecule is Nc1cc(=O)[nH]c(=O)n1Cc1cccc(C(F)(F)F)c1. The molecule has 0 bridgehead atoms. The molecular weight excluding hydrogens is 275 g/mol. The Morgan fingerprint density at radius 2 is 1.90 bits per heavy atom. The maximum absolute atomic E-state index is 12.6. The first-order valence-corrected chi connectivity index (χ1v) is 5.53. The number of benzene rings is 1. The van der Waals surface area contributed by atoms with E-state index in [4.69, 9.17) is 5.73 Å². The van der Waals surface area contributed by atoms with Crippen molar-refractivity contribution in [2.24, 2.45) is 0 Å². The van der Waals surface area contributed by atoms with Crippen LogP contribution in [-0.4, -0.2) is 9.55 Å². The molecule has 0 spiro atoms. The lowest BCUT2D eigenvalue weighted by Gasteiger charge is -2.11. The zero-order chi connectivity index (χ0) is 14.9. The van der Waals surface area contributed by atoms with Crippen molar-refractivity contribution in [3.8, 4) is 0 Å². The number of hydrogen-bond donors (Lipinski definition) is 2. The van der Waals surface area contributed by atoms with Crippen molar-refractivity contribution < 1.29 is 13.2 Å². The number of aromatic amines is 1. The largest absolute Gasteiger partial charge is 0.416 e. The third-order valence-corrected chi connectivity index (χ3v) is 2.66. The van der Waals surface area contributed by atoms with E-state index in [0.717, 1.165) is 22.8 Å². The number of hydrogen-bond acceptors (Lipinski definition) is 3. The Hall–Kier alpha value is -2.51. The summed E-state index contributed by atoms with van der Waals surface area (Å²) >= 11 is 0. The van der Waals surface area contributed by atoms with Crippen LogP contribution in [0.1, 0.15) is 11.1 Å². The highest BCUT2D eigenvalue weighted by molar-refractivity contribution is 5.30. The van der Waals surface area contributed by atoms with Crippen molar-refractivity contribution in [1.29, 1.82) is 0 Å². The molecule has 0 radical (unpaired) electrons. The van der Waals surface area contributed by atoms with E-state index in [2.05, 4.69) is 0 Å². The lowest BCUT2D eigenvalue weighted by atomic mass is 10.1. The van der Waals surface area contributed by atoms with Gasteiger partial charge in [0.2, 0.25) is 0 Å². The molecule has 106 valence electrons. The molecule has 1 aromatic heterocycles. The van der Waals surface area contributed by atoms with Crippen LogP contribution in [0, 0.1) is 0 Å². The number of nitrogen functional groups attached to an aromatic ring is 1. The number of H-pyrrole nitrogens is 1. The third-order valence-electron chi connectivity index (χ3n) is 2.66. The van der Waals surface area contributed by atoms with Gasteiger partial charge in [0, 0.05) is 6.07 Å². The molecule has 0 aliphatic carbocycles. The van der Waals surface area contributed by atoms with E-state index in [1.54, 1.807) is 0 Å².